The number of hydrogen-bond donors (Lipinski definition) is 0. The van der Waals surface area contributed by atoms with Crippen LogP contribution >= 0.6 is 11.3 Å². The van der Waals surface area contributed by atoms with Crippen LogP contribution in [0, 0.1) is 5.82 Å². The van der Waals surface area contributed by atoms with Crippen molar-refractivity contribution in [2.24, 2.45) is 10.1 Å². The molecule has 3 rings (SSSR count). The van der Waals surface area contributed by atoms with E-state index < -0.39 is 0 Å². The first-order valence-electron chi connectivity index (χ1n) is 8.35. The molecule has 0 fully saturated rings. The highest BCUT2D eigenvalue weighted by atomic mass is 32.1. The van der Waals surface area contributed by atoms with Crippen molar-refractivity contribution in [2.75, 3.05) is 28.4 Å². The van der Waals surface area contributed by atoms with Gasteiger partial charge in [0.25, 0.3) is 0 Å². The number of benzene rings is 2. The summed E-state index contributed by atoms with van der Waals surface area (Å²) in [6.07, 6.45) is 1.60. The Morgan fingerprint density at radius 1 is 1.04 bits per heavy atom. The Hall–Kier alpha value is -3.13. The van der Waals surface area contributed by atoms with Crippen LogP contribution in [0.2, 0.25) is 0 Å². The molecule has 0 spiro atoms. The maximum Gasteiger partial charge on any atom is 0.205 e. The van der Waals surface area contributed by atoms with Gasteiger partial charge in [0.1, 0.15) is 23.1 Å². The molecule has 0 aliphatic heterocycles. The third-order valence-electron chi connectivity index (χ3n) is 4.08. The maximum absolute atomic E-state index is 14.3. The molecule has 1 aromatic heterocycles. The summed E-state index contributed by atoms with van der Waals surface area (Å²) in [6, 6.07) is 10.0. The van der Waals surface area contributed by atoms with E-state index in [0.29, 0.717) is 38.9 Å². The van der Waals surface area contributed by atoms with Gasteiger partial charge in [-0.15, -0.1) is 11.3 Å². The van der Waals surface area contributed by atoms with Gasteiger partial charge >= 0.3 is 0 Å². The number of methoxy groups -OCH3 is 3. The molecule has 0 unspecified atom stereocenters. The third kappa shape index (κ3) is 3.77. The van der Waals surface area contributed by atoms with E-state index >= 15 is 0 Å². The van der Waals surface area contributed by atoms with E-state index in [2.05, 4.69) is 10.1 Å². The molecule has 0 radical (unpaired) electrons. The minimum absolute atomic E-state index is 0.327. The van der Waals surface area contributed by atoms with Crippen molar-refractivity contribution in [1.29, 1.82) is 0 Å². The lowest BCUT2D eigenvalue weighted by Crippen LogP contribution is -2.12. The van der Waals surface area contributed by atoms with Crippen molar-refractivity contribution in [1.82, 2.24) is 4.68 Å². The predicted molar refractivity (Wildman–Crippen MR) is 108 cm³/mol. The van der Waals surface area contributed by atoms with Crippen molar-refractivity contribution in [3.8, 4) is 28.5 Å². The highest BCUT2D eigenvalue weighted by Gasteiger charge is 2.14. The zero-order valence-corrected chi connectivity index (χ0v) is 16.8. The number of halogens is 1. The van der Waals surface area contributed by atoms with Crippen molar-refractivity contribution in [2.45, 2.75) is 0 Å². The zero-order valence-electron chi connectivity index (χ0n) is 16.0. The fourth-order valence-corrected chi connectivity index (χ4v) is 3.49. The average molecular weight is 401 g/mol. The Bertz CT molecular complexity index is 1050. The Balaban J connectivity index is 2.14. The van der Waals surface area contributed by atoms with E-state index in [9.17, 15) is 4.39 Å². The van der Waals surface area contributed by atoms with Crippen LogP contribution in [0.25, 0.3) is 11.3 Å². The summed E-state index contributed by atoms with van der Waals surface area (Å²) in [4.78, 5) is 4.86. The van der Waals surface area contributed by atoms with E-state index in [1.807, 2.05) is 5.38 Å². The van der Waals surface area contributed by atoms with Crippen LogP contribution in [0.1, 0.15) is 5.56 Å². The fourth-order valence-electron chi connectivity index (χ4n) is 2.69. The van der Waals surface area contributed by atoms with Crippen molar-refractivity contribution < 1.29 is 18.6 Å². The molecule has 8 heteroatoms. The van der Waals surface area contributed by atoms with Gasteiger partial charge in [0.05, 0.1) is 38.8 Å². The Morgan fingerprint density at radius 2 is 1.71 bits per heavy atom. The van der Waals surface area contributed by atoms with Crippen LogP contribution < -0.4 is 19.0 Å². The second kappa shape index (κ2) is 8.71. The summed E-state index contributed by atoms with van der Waals surface area (Å²) in [6.45, 7) is 0. The summed E-state index contributed by atoms with van der Waals surface area (Å²) in [7, 11) is 6.35. The second-order valence-corrected chi connectivity index (χ2v) is 6.45. The van der Waals surface area contributed by atoms with Crippen LogP contribution in [0.15, 0.2) is 51.9 Å². The number of hydrogen-bond acceptors (Lipinski definition) is 6. The Labute approximate surface area is 166 Å². The van der Waals surface area contributed by atoms with Gasteiger partial charge < -0.3 is 14.2 Å². The van der Waals surface area contributed by atoms with Gasteiger partial charge in [0.15, 0.2) is 0 Å². The maximum atomic E-state index is 14.3. The van der Waals surface area contributed by atoms with E-state index in [-0.39, 0.29) is 5.82 Å². The quantitative estimate of drug-likeness (QED) is 0.591. The van der Waals surface area contributed by atoms with Gasteiger partial charge in [-0.3, -0.25) is 4.99 Å². The molecule has 6 nitrogen and oxygen atoms in total. The number of ether oxygens (including phenoxy) is 3. The first kappa shape index (κ1) is 19.6. The number of aromatic nitrogens is 1. The smallest absolute Gasteiger partial charge is 0.205 e. The molecular formula is C20H20FN3O3S. The number of rotatable bonds is 6. The molecular weight excluding hydrogens is 381 g/mol. The lowest BCUT2D eigenvalue weighted by atomic mass is 10.1. The number of thiazole rings is 1. The topological polar surface area (TPSA) is 57.3 Å². The summed E-state index contributed by atoms with van der Waals surface area (Å²) in [5.74, 6) is 1.35. The zero-order chi connectivity index (χ0) is 20.1. The molecule has 1 heterocycles. The fraction of sp³-hybridized carbons (Fsp3) is 0.200. The molecule has 3 aromatic rings. The molecule has 0 bridgehead atoms. The molecule has 2 aromatic carbocycles. The third-order valence-corrected chi connectivity index (χ3v) is 4.99. The molecule has 0 aliphatic carbocycles. The minimum atomic E-state index is -0.327. The largest absolute Gasteiger partial charge is 0.496 e. The monoisotopic (exact) mass is 401 g/mol. The van der Waals surface area contributed by atoms with Gasteiger partial charge in [-0.25, -0.2) is 9.07 Å². The molecule has 0 saturated carbocycles. The Kier molecular flexibility index (Phi) is 6.10. The van der Waals surface area contributed by atoms with Gasteiger partial charge in [-0.05, 0) is 12.1 Å². The van der Waals surface area contributed by atoms with Crippen LogP contribution in [-0.4, -0.2) is 39.3 Å². The van der Waals surface area contributed by atoms with E-state index in [4.69, 9.17) is 14.2 Å². The molecule has 146 valence electrons. The normalized spacial score (nSPS) is 11.8. The molecule has 0 N–H and O–H groups in total. The molecule has 0 atom stereocenters. The molecule has 0 saturated heterocycles. The highest BCUT2D eigenvalue weighted by molar-refractivity contribution is 7.07. The van der Waals surface area contributed by atoms with Crippen molar-refractivity contribution in [3.63, 3.8) is 0 Å². The first-order chi connectivity index (χ1) is 13.6. The summed E-state index contributed by atoms with van der Waals surface area (Å²) in [5.41, 5.74) is 1.68. The van der Waals surface area contributed by atoms with Crippen LogP contribution in [0.3, 0.4) is 0 Å². The van der Waals surface area contributed by atoms with Crippen molar-refractivity contribution >= 4 is 17.6 Å². The second-order valence-electron chi connectivity index (χ2n) is 5.61. The molecule has 28 heavy (non-hydrogen) atoms. The van der Waals surface area contributed by atoms with Gasteiger partial charge in [0, 0.05) is 30.1 Å². The first-order valence-corrected chi connectivity index (χ1v) is 9.23. The van der Waals surface area contributed by atoms with E-state index in [1.54, 1.807) is 69.6 Å². The Morgan fingerprint density at radius 3 is 2.29 bits per heavy atom. The van der Waals surface area contributed by atoms with Crippen molar-refractivity contribution in [3.05, 3.63) is 58.0 Å². The lowest BCUT2D eigenvalue weighted by Gasteiger charge is -2.12. The predicted octanol–water partition coefficient (Wildman–Crippen LogP) is 3.79. The van der Waals surface area contributed by atoms with Crippen LogP contribution in [0.4, 0.5) is 4.39 Å². The van der Waals surface area contributed by atoms with Crippen LogP contribution in [0.5, 0.6) is 17.2 Å². The summed E-state index contributed by atoms with van der Waals surface area (Å²) >= 11 is 1.37. The highest BCUT2D eigenvalue weighted by Crippen LogP contribution is 2.33. The number of nitrogens with zero attached hydrogens (tertiary/aromatic N) is 3. The van der Waals surface area contributed by atoms with E-state index in [0.717, 1.165) is 0 Å². The van der Waals surface area contributed by atoms with E-state index in [1.165, 1.54) is 17.4 Å². The lowest BCUT2D eigenvalue weighted by molar-refractivity contribution is 0.374. The average Bonchev–Trinajstić information content (AvgIpc) is 3.14. The summed E-state index contributed by atoms with van der Waals surface area (Å²) in [5, 5.41) is 6.36. The van der Waals surface area contributed by atoms with Gasteiger partial charge in [-0.2, -0.15) is 5.10 Å². The summed E-state index contributed by atoms with van der Waals surface area (Å²) < 4.78 is 32.1. The molecule has 0 amide bonds. The minimum Gasteiger partial charge on any atom is -0.496 e. The standard InChI is InChI=1S/C20H20FN3O3S/c1-22-20-24(17(12-28-20)14-7-5-6-8-16(14)21)23-11-15-18(26-3)9-13(25-2)10-19(15)27-4/h5-12H,1-4H3. The SMILES string of the molecule is CN=c1scc(-c2ccccc2F)n1N=Cc1c(OC)cc(OC)cc1OC. The van der Waals surface area contributed by atoms with Gasteiger partial charge in [0.2, 0.25) is 4.80 Å². The molecule has 0 aliphatic rings. The van der Waals surface area contributed by atoms with Crippen LogP contribution in [-0.2, 0) is 0 Å². The van der Waals surface area contributed by atoms with Gasteiger partial charge in [-0.1, -0.05) is 12.1 Å².